The number of aromatic nitrogens is 1. The summed E-state index contributed by atoms with van der Waals surface area (Å²) in [4.78, 5) is 4.26. The number of hydrogen-bond acceptors (Lipinski definition) is 5. The highest BCUT2D eigenvalue weighted by molar-refractivity contribution is 7.89. The molecule has 0 saturated heterocycles. The van der Waals surface area contributed by atoms with E-state index < -0.39 is 10.0 Å². The fourth-order valence-electron chi connectivity index (χ4n) is 1.88. The molecule has 1 atom stereocenters. The molecule has 0 bridgehead atoms. The predicted molar refractivity (Wildman–Crippen MR) is 79.3 cm³/mol. The number of nitrogens with zero attached hydrogens (tertiary/aromatic N) is 2. The number of hydrogen-bond donors (Lipinski definition) is 1. The molecule has 0 fully saturated rings. The first kappa shape index (κ1) is 16.9. The molecule has 1 aromatic rings. The van der Waals surface area contributed by atoms with Crippen molar-refractivity contribution in [1.29, 1.82) is 0 Å². The third-order valence-electron chi connectivity index (χ3n) is 3.19. The Hall–Kier alpha value is -1.18. The molecule has 0 aliphatic rings. The van der Waals surface area contributed by atoms with Crippen molar-refractivity contribution in [2.75, 3.05) is 32.6 Å². The number of pyridine rings is 1. The average Bonchev–Trinajstić information content (AvgIpc) is 2.46. The van der Waals surface area contributed by atoms with Gasteiger partial charge in [0.25, 0.3) is 0 Å². The number of anilines is 1. The second kappa shape index (κ2) is 7.56. The SMILES string of the molecule is CCC(C)N(CCOC)S(=O)(=O)c1cccnc1NC. The number of sulfonamides is 1. The first-order valence-electron chi connectivity index (χ1n) is 6.62. The van der Waals surface area contributed by atoms with Crippen LogP contribution in [-0.2, 0) is 14.8 Å². The molecule has 0 spiro atoms. The van der Waals surface area contributed by atoms with Crippen LogP contribution in [0.25, 0.3) is 0 Å². The van der Waals surface area contributed by atoms with Crippen LogP contribution < -0.4 is 5.32 Å². The van der Waals surface area contributed by atoms with E-state index in [2.05, 4.69) is 10.3 Å². The summed E-state index contributed by atoms with van der Waals surface area (Å²) in [6, 6.07) is 3.09. The zero-order chi connectivity index (χ0) is 15.2. The molecule has 7 heteroatoms. The second-order valence-electron chi connectivity index (χ2n) is 4.47. The lowest BCUT2D eigenvalue weighted by Gasteiger charge is -2.28. The molecule has 1 unspecified atom stereocenters. The van der Waals surface area contributed by atoms with Crippen LogP contribution in [0.3, 0.4) is 0 Å². The van der Waals surface area contributed by atoms with Gasteiger partial charge < -0.3 is 10.1 Å². The molecule has 0 amide bonds. The summed E-state index contributed by atoms with van der Waals surface area (Å²) in [5.74, 6) is 0.359. The van der Waals surface area contributed by atoms with Crippen molar-refractivity contribution in [3.8, 4) is 0 Å². The molecule has 1 rings (SSSR count). The van der Waals surface area contributed by atoms with Gasteiger partial charge in [-0.15, -0.1) is 0 Å². The van der Waals surface area contributed by atoms with E-state index in [1.807, 2.05) is 13.8 Å². The molecular weight excluding hydrogens is 278 g/mol. The third kappa shape index (κ3) is 3.68. The highest BCUT2D eigenvalue weighted by Crippen LogP contribution is 2.24. The average molecular weight is 301 g/mol. The Morgan fingerprint density at radius 2 is 2.20 bits per heavy atom. The van der Waals surface area contributed by atoms with Crippen LogP contribution >= 0.6 is 0 Å². The Morgan fingerprint density at radius 3 is 2.75 bits per heavy atom. The minimum absolute atomic E-state index is 0.0972. The summed E-state index contributed by atoms with van der Waals surface area (Å²) >= 11 is 0. The molecule has 1 heterocycles. The summed E-state index contributed by atoms with van der Waals surface area (Å²) in [5, 5.41) is 2.82. The van der Waals surface area contributed by atoms with E-state index in [0.717, 1.165) is 6.42 Å². The molecule has 114 valence electrons. The van der Waals surface area contributed by atoms with E-state index >= 15 is 0 Å². The third-order valence-corrected chi connectivity index (χ3v) is 5.24. The summed E-state index contributed by atoms with van der Waals surface area (Å²) < 4.78 is 32.1. The summed E-state index contributed by atoms with van der Waals surface area (Å²) in [7, 11) is -0.382. The van der Waals surface area contributed by atoms with Crippen molar-refractivity contribution in [3.05, 3.63) is 18.3 Å². The van der Waals surface area contributed by atoms with Crippen LogP contribution in [0.2, 0.25) is 0 Å². The first-order chi connectivity index (χ1) is 9.48. The Labute approximate surface area is 121 Å². The van der Waals surface area contributed by atoms with Crippen molar-refractivity contribution in [2.24, 2.45) is 0 Å². The highest BCUT2D eigenvalue weighted by Gasteiger charge is 2.30. The van der Waals surface area contributed by atoms with Crippen LogP contribution in [0, 0.1) is 0 Å². The quantitative estimate of drug-likeness (QED) is 0.789. The molecule has 0 aromatic carbocycles. The van der Waals surface area contributed by atoms with Gasteiger partial charge in [-0.1, -0.05) is 6.92 Å². The molecule has 6 nitrogen and oxygen atoms in total. The van der Waals surface area contributed by atoms with Gasteiger partial charge in [0.05, 0.1) is 6.61 Å². The van der Waals surface area contributed by atoms with Gasteiger partial charge in [-0.2, -0.15) is 4.31 Å². The van der Waals surface area contributed by atoms with E-state index in [0.29, 0.717) is 19.0 Å². The molecule has 0 saturated carbocycles. The van der Waals surface area contributed by atoms with Gasteiger partial charge in [0.15, 0.2) is 0 Å². The van der Waals surface area contributed by atoms with Crippen molar-refractivity contribution >= 4 is 15.8 Å². The maximum absolute atomic E-state index is 12.8. The van der Waals surface area contributed by atoms with Gasteiger partial charge >= 0.3 is 0 Å². The maximum Gasteiger partial charge on any atom is 0.247 e. The Kier molecular flexibility index (Phi) is 6.38. The number of nitrogens with one attached hydrogen (secondary N) is 1. The normalized spacial score (nSPS) is 13.4. The molecule has 0 aliphatic heterocycles. The predicted octanol–water partition coefficient (Wildman–Crippen LogP) is 1.56. The van der Waals surface area contributed by atoms with Crippen LogP contribution in [0.15, 0.2) is 23.2 Å². The molecular formula is C13H23N3O3S. The number of rotatable bonds is 8. The van der Waals surface area contributed by atoms with Gasteiger partial charge in [0.2, 0.25) is 10.0 Å². The minimum atomic E-state index is -3.60. The van der Waals surface area contributed by atoms with E-state index in [4.69, 9.17) is 4.74 Å². The van der Waals surface area contributed by atoms with E-state index in [9.17, 15) is 8.42 Å². The number of ether oxygens (including phenoxy) is 1. The van der Waals surface area contributed by atoms with Crippen molar-refractivity contribution in [3.63, 3.8) is 0 Å². The Morgan fingerprint density at radius 1 is 1.50 bits per heavy atom. The van der Waals surface area contributed by atoms with Crippen LogP contribution in [-0.4, -0.2) is 51.1 Å². The first-order valence-corrected chi connectivity index (χ1v) is 8.06. The van der Waals surface area contributed by atoms with Crippen LogP contribution in [0.1, 0.15) is 20.3 Å². The lowest BCUT2D eigenvalue weighted by atomic mass is 10.3. The van der Waals surface area contributed by atoms with Gasteiger partial charge in [-0.25, -0.2) is 13.4 Å². The molecule has 20 heavy (non-hydrogen) atoms. The summed E-state index contributed by atoms with van der Waals surface area (Å²) in [5.41, 5.74) is 0. The van der Waals surface area contributed by atoms with Crippen molar-refractivity contribution in [1.82, 2.24) is 9.29 Å². The fourth-order valence-corrected chi connectivity index (χ4v) is 3.72. The smallest absolute Gasteiger partial charge is 0.247 e. The molecule has 1 N–H and O–H groups in total. The van der Waals surface area contributed by atoms with Crippen LogP contribution in [0.4, 0.5) is 5.82 Å². The van der Waals surface area contributed by atoms with Crippen molar-refractivity contribution < 1.29 is 13.2 Å². The largest absolute Gasteiger partial charge is 0.383 e. The summed E-state index contributed by atoms with van der Waals surface area (Å²) in [6.07, 6.45) is 2.30. The standard InChI is InChI=1S/C13H23N3O3S/c1-5-11(2)16(9-10-19-4)20(17,18)12-7-6-8-15-13(12)14-3/h6-8,11H,5,9-10H2,1-4H3,(H,14,15). The zero-order valence-electron chi connectivity index (χ0n) is 12.5. The summed E-state index contributed by atoms with van der Waals surface area (Å²) in [6.45, 7) is 4.54. The molecule has 0 aliphatic carbocycles. The molecule has 1 aromatic heterocycles. The van der Waals surface area contributed by atoms with Gasteiger partial charge in [-0.3, -0.25) is 0 Å². The zero-order valence-corrected chi connectivity index (χ0v) is 13.3. The van der Waals surface area contributed by atoms with E-state index in [-0.39, 0.29) is 10.9 Å². The minimum Gasteiger partial charge on any atom is -0.383 e. The fraction of sp³-hybridized carbons (Fsp3) is 0.615. The lowest BCUT2D eigenvalue weighted by Crippen LogP contribution is -2.40. The molecule has 0 radical (unpaired) electrons. The maximum atomic E-state index is 12.8. The van der Waals surface area contributed by atoms with Gasteiger partial charge in [0, 0.05) is 32.9 Å². The van der Waals surface area contributed by atoms with Crippen LogP contribution in [0.5, 0.6) is 0 Å². The Balaban J connectivity index is 3.21. The van der Waals surface area contributed by atoms with Gasteiger partial charge in [-0.05, 0) is 25.5 Å². The van der Waals surface area contributed by atoms with E-state index in [1.165, 1.54) is 4.31 Å². The number of methoxy groups -OCH3 is 1. The monoisotopic (exact) mass is 301 g/mol. The second-order valence-corrected chi connectivity index (χ2v) is 6.32. The highest BCUT2D eigenvalue weighted by atomic mass is 32.2. The van der Waals surface area contributed by atoms with Crippen molar-refractivity contribution in [2.45, 2.75) is 31.2 Å². The lowest BCUT2D eigenvalue weighted by molar-refractivity contribution is 0.167. The topological polar surface area (TPSA) is 71.5 Å². The van der Waals surface area contributed by atoms with Gasteiger partial charge in [0.1, 0.15) is 10.7 Å². The Bertz CT molecular complexity index is 519. The van der Waals surface area contributed by atoms with E-state index in [1.54, 1.807) is 32.5 Å².